The summed E-state index contributed by atoms with van der Waals surface area (Å²) >= 11 is 0. The first kappa shape index (κ1) is 15.7. The van der Waals surface area contributed by atoms with Crippen LogP contribution in [-0.4, -0.2) is 40.7 Å². The molecule has 7 heteroatoms. The summed E-state index contributed by atoms with van der Waals surface area (Å²) in [5.74, 6) is 2.03. The number of piperidine rings is 1. The van der Waals surface area contributed by atoms with Crippen molar-refractivity contribution in [2.45, 2.75) is 25.8 Å². The fourth-order valence-corrected chi connectivity index (χ4v) is 3.04. The first-order valence-electron chi connectivity index (χ1n) is 8.53. The van der Waals surface area contributed by atoms with Crippen molar-refractivity contribution in [3.63, 3.8) is 0 Å². The van der Waals surface area contributed by atoms with Gasteiger partial charge in [-0.15, -0.1) is 0 Å². The van der Waals surface area contributed by atoms with Gasteiger partial charge in [0.15, 0.2) is 11.5 Å². The number of aromatic nitrogens is 2. The highest BCUT2D eigenvalue weighted by Gasteiger charge is 2.18. The minimum absolute atomic E-state index is 0.0158. The number of anilines is 1. The molecule has 0 saturated carbocycles. The molecule has 130 valence electrons. The normalized spacial score (nSPS) is 15.9. The van der Waals surface area contributed by atoms with Crippen molar-refractivity contribution in [3.8, 4) is 11.5 Å². The zero-order valence-corrected chi connectivity index (χ0v) is 13.9. The van der Waals surface area contributed by atoms with Gasteiger partial charge in [0, 0.05) is 32.0 Å². The maximum atomic E-state index is 12.4. The fourth-order valence-electron chi connectivity index (χ4n) is 3.04. The number of ether oxygens (including phenoxy) is 2. The highest BCUT2D eigenvalue weighted by Crippen LogP contribution is 2.32. The molecule has 0 aliphatic carbocycles. The van der Waals surface area contributed by atoms with E-state index in [1.807, 2.05) is 23.1 Å². The van der Waals surface area contributed by atoms with Crippen molar-refractivity contribution < 1.29 is 14.3 Å². The largest absolute Gasteiger partial charge is 0.454 e. The Morgan fingerprint density at radius 3 is 2.64 bits per heavy atom. The third-order valence-electron chi connectivity index (χ3n) is 4.43. The Hall–Kier alpha value is -2.83. The van der Waals surface area contributed by atoms with Gasteiger partial charge in [0.25, 0.3) is 5.91 Å². The third-order valence-corrected chi connectivity index (χ3v) is 4.43. The van der Waals surface area contributed by atoms with Gasteiger partial charge >= 0.3 is 0 Å². The molecule has 2 aliphatic rings. The number of hydrogen-bond acceptors (Lipinski definition) is 6. The Labute approximate surface area is 146 Å². The molecule has 1 aromatic carbocycles. The second kappa shape index (κ2) is 6.96. The molecule has 0 radical (unpaired) electrons. The number of amides is 1. The number of likely N-dealkylation sites (tertiary alicyclic amines) is 1. The number of hydrogen-bond donors (Lipinski definition) is 1. The van der Waals surface area contributed by atoms with Crippen molar-refractivity contribution in [1.29, 1.82) is 0 Å². The van der Waals surface area contributed by atoms with Crippen LogP contribution >= 0.6 is 0 Å². The van der Waals surface area contributed by atoms with E-state index in [1.165, 1.54) is 6.42 Å². The smallest absolute Gasteiger partial charge is 0.256 e. The van der Waals surface area contributed by atoms with E-state index in [1.54, 1.807) is 12.4 Å². The SMILES string of the molecule is O=C(c1cnc(NCc2ccc3c(c2)OCO3)nc1)N1CCCCC1. The van der Waals surface area contributed by atoms with Crippen LogP contribution in [0.2, 0.25) is 0 Å². The minimum atomic E-state index is 0.0158. The van der Waals surface area contributed by atoms with Crippen LogP contribution in [0, 0.1) is 0 Å². The number of nitrogens with one attached hydrogen (secondary N) is 1. The van der Waals surface area contributed by atoms with Crippen LogP contribution in [0.3, 0.4) is 0 Å². The van der Waals surface area contributed by atoms with Gasteiger partial charge in [-0.3, -0.25) is 4.79 Å². The monoisotopic (exact) mass is 340 g/mol. The molecule has 1 amide bonds. The Morgan fingerprint density at radius 2 is 1.84 bits per heavy atom. The lowest BCUT2D eigenvalue weighted by Gasteiger charge is -2.26. The molecular weight excluding hydrogens is 320 g/mol. The van der Waals surface area contributed by atoms with Crippen LogP contribution in [0.25, 0.3) is 0 Å². The molecule has 0 unspecified atom stereocenters. The summed E-state index contributed by atoms with van der Waals surface area (Å²) in [5, 5.41) is 3.15. The number of fused-ring (bicyclic) bond motifs is 1. The molecule has 2 aromatic rings. The minimum Gasteiger partial charge on any atom is -0.454 e. The first-order valence-corrected chi connectivity index (χ1v) is 8.53. The van der Waals surface area contributed by atoms with Crippen LogP contribution in [0.4, 0.5) is 5.95 Å². The molecule has 4 rings (SSSR count). The number of carbonyl (C=O) groups is 1. The van der Waals surface area contributed by atoms with E-state index < -0.39 is 0 Å². The predicted molar refractivity (Wildman–Crippen MR) is 91.7 cm³/mol. The summed E-state index contributed by atoms with van der Waals surface area (Å²) in [5.41, 5.74) is 1.58. The molecule has 25 heavy (non-hydrogen) atoms. The van der Waals surface area contributed by atoms with E-state index in [0.717, 1.165) is 43.0 Å². The predicted octanol–water partition coefficient (Wildman–Crippen LogP) is 2.44. The molecule has 3 heterocycles. The van der Waals surface area contributed by atoms with Gasteiger partial charge in [0.1, 0.15) is 0 Å². The van der Waals surface area contributed by atoms with Gasteiger partial charge in [-0.25, -0.2) is 9.97 Å². The number of benzene rings is 1. The van der Waals surface area contributed by atoms with Gasteiger partial charge in [0.05, 0.1) is 5.56 Å². The second-order valence-corrected chi connectivity index (χ2v) is 6.19. The van der Waals surface area contributed by atoms with Gasteiger partial charge in [0.2, 0.25) is 12.7 Å². The van der Waals surface area contributed by atoms with Crippen LogP contribution in [-0.2, 0) is 6.54 Å². The summed E-state index contributed by atoms with van der Waals surface area (Å²) in [6.45, 7) is 2.48. The molecule has 7 nitrogen and oxygen atoms in total. The van der Waals surface area contributed by atoms with Crippen molar-refractivity contribution in [1.82, 2.24) is 14.9 Å². The molecule has 0 bridgehead atoms. The number of carbonyl (C=O) groups excluding carboxylic acids is 1. The lowest BCUT2D eigenvalue weighted by atomic mass is 10.1. The molecular formula is C18H20N4O3. The van der Waals surface area contributed by atoms with Crippen molar-refractivity contribution in [2.24, 2.45) is 0 Å². The molecule has 1 saturated heterocycles. The molecule has 1 fully saturated rings. The summed E-state index contributed by atoms with van der Waals surface area (Å²) in [7, 11) is 0. The van der Waals surface area contributed by atoms with Gasteiger partial charge in [-0.2, -0.15) is 0 Å². The standard InChI is InChI=1S/C18H20N4O3/c23-17(22-6-2-1-3-7-22)14-10-20-18(21-11-14)19-9-13-4-5-15-16(8-13)25-12-24-15/h4-5,8,10-11H,1-3,6-7,9,12H2,(H,19,20,21). The van der Waals surface area contributed by atoms with E-state index >= 15 is 0 Å². The average molecular weight is 340 g/mol. The zero-order chi connectivity index (χ0) is 17.1. The van der Waals surface area contributed by atoms with E-state index in [0.29, 0.717) is 18.1 Å². The van der Waals surface area contributed by atoms with E-state index in [4.69, 9.17) is 9.47 Å². The van der Waals surface area contributed by atoms with Crippen molar-refractivity contribution >= 4 is 11.9 Å². The van der Waals surface area contributed by atoms with Crippen LogP contribution in [0.15, 0.2) is 30.6 Å². The van der Waals surface area contributed by atoms with E-state index in [-0.39, 0.29) is 12.7 Å². The van der Waals surface area contributed by atoms with Gasteiger partial charge in [-0.1, -0.05) is 6.07 Å². The zero-order valence-electron chi connectivity index (χ0n) is 13.9. The molecule has 0 spiro atoms. The Balaban J connectivity index is 1.36. The first-order chi connectivity index (χ1) is 12.3. The molecule has 1 aromatic heterocycles. The Bertz CT molecular complexity index is 757. The second-order valence-electron chi connectivity index (χ2n) is 6.19. The Kier molecular flexibility index (Phi) is 4.37. The third kappa shape index (κ3) is 3.50. The highest BCUT2D eigenvalue weighted by atomic mass is 16.7. The average Bonchev–Trinajstić information content (AvgIpc) is 3.15. The summed E-state index contributed by atoms with van der Waals surface area (Å²) in [6, 6.07) is 5.79. The van der Waals surface area contributed by atoms with Gasteiger partial charge < -0.3 is 19.7 Å². The fraction of sp³-hybridized carbons (Fsp3) is 0.389. The number of nitrogens with zero attached hydrogens (tertiary/aromatic N) is 3. The summed E-state index contributed by atoms with van der Waals surface area (Å²) < 4.78 is 10.7. The number of rotatable bonds is 4. The van der Waals surface area contributed by atoms with Crippen LogP contribution in [0.1, 0.15) is 35.2 Å². The lowest BCUT2D eigenvalue weighted by molar-refractivity contribution is 0.0723. The van der Waals surface area contributed by atoms with Crippen molar-refractivity contribution in [3.05, 3.63) is 41.7 Å². The summed E-state index contributed by atoms with van der Waals surface area (Å²) in [6.07, 6.45) is 6.52. The molecule has 1 N–H and O–H groups in total. The maximum absolute atomic E-state index is 12.4. The maximum Gasteiger partial charge on any atom is 0.256 e. The van der Waals surface area contributed by atoms with Crippen molar-refractivity contribution in [2.75, 3.05) is 25.2 Å². The van der Waals surface area contributed by atoms with Gasteiger partial charge in [-0.05, 0) is 37.0 Å². The molecule has 0 atom stereocenters. The highest BCUT2D eigenvalue weighted by molar-refractivity contribution is 5.93. The quantitative estimate of drug-likeness (QED) is 0.921. The molecule has 2 aliphatic heterocycles. The van der Waals surface area contributed by atoms with E-state index in [9.17, 15) is 4.79 Å². The lowest BCUT2D eigenvalue weighted by Crippen LogP contribution is -2.35. The van der Waals surface area contributed by atoms with Crippen LogP contribution < -0.4 is 14.8 Å². The topological polar surface area (TPSA) is 76.6 Å². The van der Waals surface area contributed by atoms with Crippen LogP contribution in [0.5, 0.6) is 11.5 Å². The summed E-state index contributed by atoms with van der Waals surface area (Å²) in [4.78, 5) is 22.8. The Morgan fingerprint density at radius 1 is 1.08 bits per heavy atom. The van der Waals surface area contributed by atoms with E-state index in [2.05, 4.69) is 15.3 Å².